The first-order valence-electron chi connectivity index (χ1n) is 6.32. The third-order valence-corrected chi connectivity index (χ3v) is 4.29. The van der Waals surface area contributed by atoms with Gasteiger partial charge in [-0.05, 0) is 25.0 Å². The van der Waals surface area contributed by atoms with Gasteiger partial charge in [-0.25, -0.2) is 0 Å². The molecule has 1 heterocycles. The highest BCUT2D eigenvalue weighted by atomic mass is 35.5. The Morgan fingerprint density at radius 1 is 1.11 bits per heavy atom. The molecule has 0 aliphatic carbocycles. The van der Waals surface area contributed by atoms with Crippen LogP contribution in [-0.2, 0) is 0 Å². The van der Waals surface area contributed by atoms with E-state index in [0.29, 0.717) is 27.4 Å². The predicted molar refractivity (Wildman–Crippen MR) is 81.8 cm³/mol. The van der Waals surface area contributed by atoms with Gasteiger partial charge in [0, 0.05) is 19.6 Å². The molecule has 0 amide bonds. The van der Waals surface area contributed by atoms with Crippen LogP contribution < -0.4 is 4.74 Å². The highest BCUT2D eigenvalue weighted by molar-refractivity contribution is 6.48. The molecule has 0 fully saturated rings. The second-order valence-corrected chi connectivity index (χ2v) is 5.60. The highest BCUT2D eigenvalue weighted by Gasteiger charge is 2.10. The molecule has 0 saturated carbocycles. The third kappa shape index (κ3) is 4.28. The van der Waals surface area contributed by atoms with E-state index in [4.69, 9.17) is 39.5 Å². The molecule has 0 saturated heterocycles. The lowest BCUT2D eigenvalue weighted by Crippen LogP contribution is -2.29. The van der Waals surface area contributed by atoms with Crippen LogP contribution in [0, 0.1) is 0 Å². The molecule has 0 atom stereocenters. The lowest BCUT2D eigenvalue weighted by Gasteiger charge is -2.22. The van der Waals surface area contributed by atoms with Gasteiger partial charge in [0.05, 0.1) is 16.7 Å². The molecule has 0 N–H and O–H groups in total. The van der Waals surface area contributed by atoms with Gasteiger partial charge in [-0.1, -0.05) is 47.0 Å². The summed E-state index contributed by atoms with van der Waals surface area (Å²) in [4.78, 5) is 2.40. The molecule has 19 heavy (non-hydrogen) atoms. The second-order valence-electron chi connectivity index (χ2n) is 4.44. The fourth-order valence-electron chi connectivity index (χ4n) is 1.98. The number of benzene rings is 1. The van der Waals surface area contributed by atoms with Gasteiger partial charge in [-0.2, -0.15) is 0 Å². The van der Waals surface area contributed by atoms with Gasteiger partial charge in [-0.3, -0.25) is 4.90 Å². The van der Waals surface area contributed by atoms with Crippen molar-refractivity contribution in [1.29, 1.82) is 0 Å². The number of halogens is 3. The molecule has 0 bridgehead atoms. The van der Waals surface area contributed by atoms with Crippen LogP contribution in [-0.4, -0.2) is 31.1 Å². The van der Waals surface area contributed by atoms with Crippen molar-refractivity contribution in [3.05, 3.63) is 39.4 Å². The summed E-state index contributed by atoms with van der Waals surface area (Å²) in [6, 6.07) is 3.45. The van der Waals surface area contributed by atoms with Crippen LogP contribution in [0.25, 0.3) is 0 Å². The maximum atomic E-state index is 6.07. The van der Waals surface area contributed by atoms with Crippen LogP contribution in [0.4, 0.5) is 0 Å². The molecular formula is C14H16Cl3NO. The summed E-state index contributed by atoms with van der Waals surface area (Å²) in [5.74, 6) is 0.592. The Bertz CT molecular complexity index is 462. The monoisotopic (exact) mass is 319 g/mol. The van der Waals surface area contributed by atoms with Gasteiger partial charge in [0.1, 0.15) is 10.8 Å². The normalized spacial score (nSPS) is 15.7. The average molecular weight is 321 g/mol. The van der Waals surface area contributed by atoms with Crippen LogP contribution in [0.5, 0.6) is 5.75 Å². The Morgan fingerprint density at radius 3 is 2.68 bits per heavy atom. The van der Waals surface area contributed by atoms with Crippen LogP contribution in [0.2, 0.25) is 15.1 Å². The van der Waals surface area contributed by atoms with E-state index in [9.17, 15) is 0 Å². The van der Waals surface area contributed by atoms with Crippen molar-refractivity contribution in [2.75, 3.05) is 26.2 Å². The van der Waals surface area contributed by atoms with Crippen LogP contribution in [0.1, 0.15) is 12.8 Å². The minimum atomic E-state index is 0.349. The highest BCUT2D eigenvalue weighted by Crippen LogP contribution is 2.37. The number of ether oxygens (including phenoxy) is 1. The smallest absolute Gasteiger partial charge is 0.139 e. The molecule has 1 aliphatic rings. The molecule has 1 aromatic rings. The molecule has 0 radical (unpaired) electrons. The summed E-state index contributed by atoms with van der Waals surface area (Å²) in [7, 11) is 0. The SMILES string of the molecule is Clc1ccc(OCCCN2CC=CCC2)c(Cl)c1Cl. The van der Waals surface area contributed by atoms with E-state index in [1.54, 1.807) is 12.1 Å². The Balaban J connectivity index is 1.76. The Hall–Kier alpha value is -0.410. The molecule has 0 unspecified atom stereocenters. The molecule has 2 rings (SSSR count). The van der Waals surface area contributed by atoms with E-state index in [0.717, 1.165) is 32.5 Å². The minimum Gasteiger partial charge on any atom is -0.492 e. The number of hydrogen-bond acceptors (Lipinski definition) is 2. The summed E-state index contributed by atoms with van der Waals surface area (Å²) >= 11 is 17.9. The zero-order valence-corrected chi connectivity index (χ0v) is 12.8. The fraction of sp³-hybridized carbons (Fsp3) is 0.429. The second kappa shape index (κ2) is 7.39. The van der Waals surface area contributed by atoms with Gasteiger partial charge in [0.2, 0.25) is 0 Å². The summed E-state index contributed by atoms with van der Waals surface area (Å²) < 4.78 is 5.64. The summed E-state index contributed by atoms with van der Waals surface area (Å²) in [5, 5.41) is 1.18. The number of nitrogens with zero attached hydrogens (tertiary/aromatic N) is 1. The van der Waals surface area contributed by atoms with Crippen molar-refractivity contribution in [2.24, 2.45) is 0 Å². The molecule has 1 aliphatic heterocycles. The zero-order valence-electron chi connectivity index (χ0n) is 10.5. The van der Waals surface area contributed by atoms with Crippen LogP contribution in [0.15, 0.2) is 24.3 Å². The van der Waals surface area contributed by atoms with Gasteiger partial charge in [0.15, 0.2) is 0 Å². The minimum absolute atomic E-state index is 0.349. The van der Waals surface area contributed by atoms with E-state index in [2.05, 4.69) is 17.1 Å². The van der Waals surface area contributed by atoms with E-state index < -0.39 is 0 Å². The molecule has 5 heteroatoms. The van der Waals surface area contributed by atoms with Gasteiger partial charge < -0.3 is 4.74 Å². The molecule has 0 spiro atoms. The van der Waals surface area contributed by atoms with Crippen molar-refractivity contribution in [3.8, 4) is 5.75 Å². The molecule has 2 nitrogen and oxygen atoms in total. The van der Waals surface area contributed by atoms with Crippen LogP contribution >= 0.6 is 34.8 Å². The lowest BCUT2D eigenvalue weighted by molar-refractivity contribution is 0.247. The van der Waals surface area contributed by atoms with E-state index >= 15 is 0 Å². The van der Waals surface area contributed by atoms with Gasteiger partial charge in [-0.15, -0.1) is 0 Å². The van der Waals surface area contributed by atoms with Crippen molar-refractivity contribution >= 4 is 34.8 Å². The third-order valence-electron chi connectivity index (χ3n) is 3.02. The molecule has 104 valence electrons. The first-order chi connectivity index (χ1) is 9.18. The Labute approximate surface area is 128 Å². The number of rotatable bonds is 5. The predicted octanol–water partition coefficient (Wildman–Crippen LogP) is 4.68. The largest absolute Gasteiger partial charge is 0.492 e. The molecule has 0 aromatic heterocycles. The fourth-order valence-corrected chi connectivity index (χ4v) is 2.56. The maximum Gasteiger partial charge on any atom is 0.139 e. The van der Waals surface area contributed by atoms with Gasteiger partial charge in [0.25, 0.3) is 0 Å². The van der Waals surface area contributed by atoms with E-state index in [1.165, 1.54) is 0 Å². The topological polar surface area (TPSA) is 12.5 Å². The first-order valence-corrected chi connectivity index (χ1v) is 7.45. The van der Waals surface area contributed by atoms with Crippen LogP contribution in [0.3, 0.4) is 0 Å². The van der Waals surface area contributed by atoms with Gasteiger partial charge >= 0.3 is 0 Å². The number of hydrogen-bond donors (Lipinski definition) is 0. The Kier molecular flexibility index (Phi) is 5.83. The summed E-state index contributed by atoms with van der Waals surface area (Å²) in [5.41, 5.74) is 0. The molecule has 1 aromatic carbocycles. The molecular weight excluding hydrogens is 305 g/mol. The quantitative estimate of drug-likeness (QED) is 0.444. The van der Waals surface area contributed by atoms with Crippen molar-refractivity contribution < 1.29 is 4.74 Å². The van der Waals surface area contributed by atoms with Crippen molar-refractivity contribution in [3.63, 3.8) is 0 Å². The van der Waals surface area contributed by atoms with Crippen molar-refractivity contribution in [2.45, 2.75) is 12.8 Å². The van der Waals surface area contributed by atoms with Crippen molar-refractivity contribution in [1.82, 2.24) is 4.90 Å². The van der Waals surface area contributed by atoms with E-state index in [-0.39, 0.29) is 0 Å². The van der Waals surface area contributed by atoms with E-state index in [1.807, 2.05) is 0 Å². The first kappa shape index (κ1) is 15.0. The summed E-state index contributed by atoms with van der Waals surface area (Å²) in [6.45, 7) is 3.82. The maximum absolute atomic E-state index is 6.07. The lowest BCUT2D eigenvalue weighted by atomic mass is 10.2. The standard InChI is InChI=1S/C14H16Cl3NO/c15-11-5-6-12(14(17)13(11)16)19-10-4-9-18-7-2-1-3-8-18/h1-2,5-6H,3-4,7-10H2. The average Bonchev–Trinajstić information content (AvgIpc) is 2.44. The summed E-state index contributed by atoms with van der Waals surface area (Å²) in [6.07, 6.45) is 6.53. The Morgan fingerprint density at radius 2 is 1.95 bits per heavy atom. The zero-order chi connectivity index (χ0) is 13.7.